The van der Waals surface area contributed by atoms with E-state index in [0.717, 1.165) is 16.7 Å². The number of carbonyl (C=O) groups excluding carboxylic acids is 2. The standard InChI is InChI=1S/C24H23F3N6O4/c1-14-4-5-16(21(28-2)31-37-13-15-10-32(11-15)23(35)36-3)8-18(14)30-22(34)19-9-29-20-7-6-17(12-33(19)20)24(25,26)27/h4-9,12,15H,2,10-11,13H2,1,3H3,(H,30,34)/b31-21-. The van der Waals surface area contributed by atoms with Crippen LogP contribution in [-0.4, -0.2) is 65.6 Å². The highest BCUT2D eigenvalue weighted by molar-refractivity contribution is 6.06. The van der Waals surface area contributed by atoms with Gasteiger partial charge in [-0.25, -0.2) is 14.8 Å². The van der Waals surface area contributed by atoms with E-state index in [-0.39, 0.29) is 29.7 Å². The number of imidazole rings is 1. The first kappa shape index (κ1) is 25.7. The maximum absolute atomic E-state index is 13.1. The highest BCUT2D eigenvalue weighted by Gasteiger charge is 2.32. The maximum atomic E-state index is 13.1. The lowest BCUT2D eigenvalue weighted by Crippen LogP contribution is -2.51. The highest BCUT2D eigenvalue weighted by Crippen LogP contribution is 2.29. The maximum Gasteiger partial charge on any atom is 0.417 e. The van der Waals surface area contributed by atoms with Crippen molar-refractivity contribution in [3.8, 4) is 0 Å². The molecule has 0 aliphatic carbocycles. The number of hydrogen-bond acceptors (Lipinski definition) is 6. The van der Waals surface area contributed by atoms with Gasteiger partial charge in [-0.15, -0.1) is 0 Å². The number of aryl methyl sites for hydroxylation is 1. The van der Waals surface area contributed by atoms with E-state index in [4.69, 9.17) is 4.84 Å². The van der Waals surface area contributed by atoms with Crippen LogP contribution in [0.4, 0.5) is 23.7 Å². The summed E-state index contributed by atoms with van der Waals surface area (Å²) in [5.74, 6) is -0.372. The lowest BCUT2D eigenvalue weighted by molar-refractivity contribution is -0.137. The summed E-state index contributed by atoms with van der Waals surface area (Å²) < 4.78 is 45.1. The van der Waals surface area contributed by atoms with Crippen LogP contribution in [0, 0.1) is 12.8 Å². The highest BCUT2D eigenvalue weighted by atomic mass is 19.4. The Morgan fingerprint density at radius 3 is 2.68 bits per heavy atom. The van der Waals surface area contributed by atoms with Crippen molar-refractivity contribution in [2.45, 2.75) is 13.1 Å². The number of amidine groups is 1. The Morgan fingerprint density at radius 2 is 2.00 bits per heavy atom. The van der Waals surface area contributed by atoms with E-state index in [0.29, 0.717) is 29.9 Å². The predicted octanol–water partition coefficient (Wildman–Crippen LogP) is 3.99. The molecule has 1 N–H and O–H groups in total. The fourth-order valence-corrected chi connectivity index (χ4v) is 3.73. The second kappa shape index (κ2) is 10.3. The number of methoxy groups -OCH3 is 1. The first-order valence-corrected chi connectivity index (χ1v) is 11.1. The quantitative estimate of drug-likeness (QED) is 0.303. The fraction of sp³-hybridized carbons (Fsp3) is 0.292. The molecule has 10 nitrogen and oxygen atoms in total. The van der Waals surface area contributed by atoms with Gasteiger partial charge in [0.25, 0.3) is 5.91 Å². The molecule has 0 atom stereocenters. The summed E-state index contributed by atoms with van der Waals surface area (Å²) >= 11 is 0. The number of likely N-dealkylation sites (tertiary alicyclic amines) is 1. The van der Waals surface area contributed by atoms with Gasteiger partial charge in [0.15, 0.2) is 5.84 Å². The van der Waals surface area contributed by atoms with Gasteiger partial charge in [-0.2, -0.15) is 13.2 Å². The molecule has 0 radical (unpaired) electrons. The Hall–Kier alpha value is -4.42. The molecule has 1 aromatic carbocycles. The fourth-order valence-electron chi connectivity index (χ4n) is 3.73. The summed E-state index contributed by atoms with van der Waals surface area (Å²) in [4.78, 5) is 39.2. The van der Waals surface area contributed by atoms with Gasteiger partial charge >= 0.3 is 12.3 Å². The number of pyridine rings is 1. The van der Waals surface area contributed by atoms with Crippen LogP contribution in [0.5, 0.6) is 0 Å². The summed E-state index contributed by atoms with van der Waals surface area (Å²) in [7, 11) is 1.32. The van der Waals surface area contributed by atoms with Gasteiger partial charge < -0.3 is 19.8 Å². The van der Waals surface area contributed by atoms with Crippen molar-refractivity contribution in [2.75, 3.05) is 32.1 Å². The van der Waals surface area contributed by atoms with Crippen LogP contribution >= 0.6 is 0 Å². The van der Waals surface area contributed by atoms with E-state index in [1.54, 1.807) is 25.1 Å². The van der Waals surface area contributed by atoms with Gasteiger partial charge in [0, 0.05) is 36.5 Å². The number of aliphatic imine (C=N–C) groups is 1. The summed E-state index contributed by atoms with van der Waals surface area (Å²) in [5.41, 5.74) is 0.831. The smallest absolute Gasteiger partial charge is 0.417 e. The number of oxime groups is 1. The Balaban J connectivity index is 1.47. The number of halogens is 3. The van der Waals surface area contributed by atoms with Gasteiger partial charge in [0.1, 0.15) is 17.9 Å². The van der Waals surface area contributed by atoms with Gasteiger partial charge in [-0.05, 0) is 37.4 Å². The molecule has 1 saturated heterocycles. The molecule has 194 valence electrons. The number of hydrogen-bond donors (Lipinski definition) is 1. The van der Waals surface area contributed by atoms with Crippen LogP contribution in [0.15, 0.2) is 52.9 Å². The molecule has 0 unspecified atom stereocenters. The number of anilines is 1. The van der Waals surface area contributed by atoms with Crippen molar-refractivity contribution in [1.82, 2.24) is 14.3 Å². The minimum absolute atomic E-state index is 0.0635. The Morgan fingerprint density at radius 1 is 1.24 bits per heavy atom. The molecule has 2 aromatic heterocycles. The monoisotopic (exact) mass is 516 g/mol. The Labute approximate surface area is 209 Å². The first-order chi connectivity index (χ1) is 17.6. The minimum atomic E-state index is -4.56. The number of ether oxygens (including phenoxy) is 1. The number of benzene rings is 1. The zero-order valence-electron chi connectivity index (χ0n) is 20.0. The minimum Gasteiger partial charge on any atom is -0.453 e. The molecule has 1 fully saturated rings. The SMILES string of the molecule is C=N/C(=N\OCC1CN(C(=O)OC)C1)c1ccc(C)c(NC(=O)c2cnc3ccc(C(F)(F)F)cn23)c1. The largest absolute Gasteiger partial charge is 0.453 e. The van der Waals surface area contributed by atoms with Gasteiger partial charge in [0.05, 0.1) is 18.9 Å². The number of carbonyl (C=O) groups is 2. The molecule has 0 spiro atoms. The van der Waals surface area contributed by atoms with Crippen molar-refractivity contribution >= 4 is 35.9 Å². The molecule has 1 aliphatic rings. The number of nitrogens with one attached hydrogen (secondary N) is 1. The van der Waals surface area contributed by atoms with Crippen molar-refractivity contribution in [1.29, 1.82) is 0 Å². The average Bonchev–Trinajstić information content (AvgIpc) is 3.27. The number of amides is 2. The Bertz CT molecular complexity index is 1380. The number of rotatable bonds is 6. The Kier molecular flexibility index (Phi) is 7.14. The molecular formula is C24H23F3N6O4. The van der Waals surface area contributed by atoms with Crippen LogP contribution in [0.2, 0.25) is 0 Å². The van der Waals surface area contributed by atoms with Crippen LogP contribution in [0.3, 0.4) is 0 Å². The van der Waals surface area contributed by atoms with E-state index in [1.165, 1.54) is 24.3 Å². The molecule has 2 amide bonds. The van der Waals surface area contributed by atoms with Crippen molar-refractivity contribution < 1.29 is 32.3 Å². The summed E-state index contributed by atoms with van der Waals surface area (Å²) in [6.45, 7) is 6.52. The second-order valence-corrected chi connectivity index (χ2v) is 8.38. The molecule has 0 bridgehead atoms. The van der Waals surface area contributed by atoms with E-state index in [9.17, 15) is 22.8 Å². The molecule has 3 aromatic rings. The third-order valence-electron chi connectivity index (χ3n) is 5.81. The summed E-state index contributed by atoms with van der Waals surface area (Å²) in [6.07, 6.45) is -2.92. The zero-order valence-corrected chi connectivity index (χ0v) is 20.0. The number of alkyl halides is 3. The molecule has 3 heterocycles. The third kappa shape index (κ3) is 5.55. The van der Waals surface area contributed by atoms with E-state index < -0.39 is 23.7 Å². The topological polar surface area (TPSA) is 110 Å². The van der Waals surface area contributed by atoms with Crippen LogP contribution < -0.4 is 5.32 Å². The van der Waals surface area contributed by atoms with E-state index >= 15 is 0 Å². The van der Waals surface area contributed by atoms with Crippen LogP contribution in [0.25, 0.3) is 5.65 Å². The van der Waals surface area contributed by atoms with Crippen molar-refractivity contribution in [3.05, 3.63) is 65.1 Å². The lowest BCUT2D eigenvalue weighted by Gasteiger charge is -2.36. The van der Waals surface area contributed by atoms with Crippen molar-refractivity contribution in [3.63, 3.8) is 0 Å². The summed E-state index contributed by atoms with van der Waals surface area (Å²) in [5, 5.41) is 6.72. The molecular weight excluding hydrogens is 493 g/mol. The predicted molar refractivity (Wildman–Crippen MR) is 129 cm³/mol. The van der Waals surface area contributed by atoms with Gasteiger partial charge in [-0.1, -0.05) is 17.3 Å². The number of nitrogens with zero attached hydrogens (tertiary/aromatic N) is 5. The molecule has 37 heavy (non-hydrogen) atoms. The van der Waals surface area contributed by atoms with Crippen LogP contribution in [-0.2, 0) is 15.8 Å². The third-order valence-corrected chi connectivity index (χ3v) is 5.81. The van der Waals surface area contributed by atoms with E-state index in [1.807, 2.05) is 0 Å². The molecule has 0 saturated carbocycles. The number of fused-ring (bicyclic) bond motifs is 1. The van der Waals surface area contributed by atoms with E-state index in [2.05, 4.69) is 31.9 Å². The van der Waals surface area contributed by atoms with Crippen LogP contribution in [0.1, 0.15) is 27.2 Å². The van der Waals surface area contributed by atoms with Crippen molar-refractivity contribution in [2.24, 2.45) is 16.1 Å². The molecule has 4 rings (SSSR count). The summed E-state index contributed by atoms with van der Waals surface area (Å²) in [6, 6.07) is 7.15. The average molecular weight is 516 g/mol. The second-order valence-electron chi connectivity index (χ2n) is 8.38. The van der Waals surface area contributed by atoms with Gasteiger partial charge in [0.2, 0.25) is 0 Å². The first-order valence-electron chi connectivity index (χ1n) is 11.1. The lowest BCUT2D eigenvalue weighted by atomic mass is 10.0. The number of aromatic nitrogens is 2. The zero-order chi connectivity index (χ0) is 26.7. The van der Waals surface area contributed by atoms with Gasteiger partial charge in [-0.3, -0.25) is 9.20 Å². The molecule has 1 aliphatic heterocycles. The normalized spacial score (nSPS) is 14.3. The molecule has 13 heteroatoms.